The van der Waals surface area contributed by atoms with Crippen LogP contribution < -0.4 is 0 Å². The van der Waals surface area contributed by atoms with Gasteiger partial charge in [0.25, 0.3) is 0 Å². The molecule has 1 aromatic carbocycles. The Labute approximate surface area is 96.3 Å². The summed E-state index contributed by atoms with van der Waals surface area (Å²) in [5.74, 6) is -0.145. The summed E-state index contributed by atoms with van der Waals surface area (Å²) in [4.78, 5) is 11.9. The fourth-order valence-electron chi connectivity index (χ4n) is 2.15. The van der Waals surface area contributed by atoms with Crippen LogP contribution in [0.25, 0.3) is 0 Å². The van der Waals surface area contributed by atoms with E-state index in [-0.39, 0.29) is 11.2 Å². The van der Waals surface area contributed by atoms with Crippen LogP contribution in [0.3, 0.4) is 0 Å². The normalized spacial score (nSPS) is 24.7. The Morgan fingerprint density at radius 2 is 1.94 bits per heavy atom. The van der Waals surface area contributed by atoms with Crippen LogP contribution in [0, 0.1) is 0 Å². The van der Waals surface area contributed by atoms with Crippen LogP contribution in [0.15, 0.2) is 18.2 Å². The van der Waals surface area contributed by atoms with Gasteiger partial charge in [-0.25, -0.2) is 0 Å². The Morgan fingerprint density at radius 1 is 1.31 bits per heavy atom. The van der Waals surface area contributed by atoms with Crippen LogP contribution in [0.1, 0.15) is 49.2 Å². The number of aliphatic hydroxyl groups is 1. The van der Waals surface area contributed by atoms with Gasteiger partial charge in [-0.05, 0) is 29.5 Å². The van der Waals surface area contributed by atoms with Crippen molar-refractivity contribution < 1.29 is 9.90 Å². The SMILES string of the molecule is CC1(O)Cc2ccc(C(C)(C)C)cc2C1=O. The minimum Gasteiger partial charge on any atom is -0.382 e. The molecule has 1 atom stereocenters. The van der Waals surface area contributed by atoms with Gasteiger partial charge in [0, 0.05) is 12.0 Å². The lowest BCUT2D eigenvalue weighted by Gasteiger charge is -2.19. The molecule has 2 rings (SSSR count). The maximum absolute atomic E-state index is 11.9. The first kappa shape index (κ1) is 11.3. The Kier molecular flexibility index (Phi) is 2.25. The molecule has 1 unspecified atom stereocenters. The summed E-state index contributed by atoms with van der Waals surface area (Å²) in [7, 11) is 0. The average molecular weight is 218 g/mol. The highest BCUT2D eigenvalue weighted by atomic mass is 16.3. The monoisotopic (exact) mass is 218 g/mol. The molecule has 86 valence electrons. The smallest absolute Gasteiger partial charge is 0.194 e. The molecule has 0 amide bonds. The van der Waals surface area contributed by atoms with Gasteiger partial charge < -0.3 is 5.11 Å². The molecular weight excluding hydrogens is 200 g/mol. The number of benzene rings is 1. The van der Waals surface area contributed by atoms with Crippen molar-refractivity contribution in [3.05, 3.63) is 34.9 Å². The van der Waals surface area contributed by atoms with Crippen molar-refractivity contribution in [2.24, 2.45) is 0 Å². The fraction of sp³-hybridized carbons (Fsp3) is 0.500. The molecule has 0 heterocycles. The lowest BCUT2D eigenvalue weighted by atomic mass is 9.85. The van der Waals surface area contributed by atoms with E-state index in [0.29, 0.717) is 12.0 Å². The van der Waals surface area contributed by atoms with Gasteiger partial charge in [-0.2, -0.15) is 0 Å². The van der Waals surface area contributed by atoms with Gasteiger partial charge in [0.15, 0.2) is 5.78 Å². The lowest BCUT2D eigenvalue weighted by molar-refractivity contribution is 0.0461. The number of hydrogen-bond donors (Lipinski definition) is 1. The highest BCUT2D eigenvalue weighted by molar-refractivity contribution is 6.06. The maximum atomic E-state index is 11.9. The molecule has 0 aromatic heterocycles. The first-order chi connectivity index (χ1) is 7.22. The number of fused-ring (bicyclic) bond motifs is 1. The predicted molar refractivity (Wildman–Crippen MR) is 63.8 cm³/mol. The number of carbonyl (C=O) groups excluding carboxylic acids is 1. The van der Waals surface area contributed by atoms with Crippen molar-refractivity contribution in [3.8, 4) is 0 Å². The standard InChI is InChI=1S/C14H18O2/c1-13(2,3)10-6-5-9-8-14(4,16)12(15)11(9)7-10/h5-7,16H,8H2,1-4H3. The van der Waals surface area contributed by atoms with E-state index < -0.39 is 5.60 Å². The molecule has 16 heavy (non-hydrogen) atoms. The predicted octanol–water partition coefficient (Wildman–Crippen LogP) is 2.47. The summed E-state index contributed by atoms with van der Waals surface area (Å²) in [6.07, 6.45) is 0.436. The van der Waals surface area contributed by atoms with Gasteiger partial charge in [-0.15, -0.1) is 0 Å². The van der Waals surface area contributed by atoms with E-state index in [1.807, 2.05) is 18.2 Å². The van der Waals surface area contributed by atoms with Crippen LogP contribution in [0.4, 0.5) is 0 Å². The van der Waals surface area contributed by atoms with Gasteiger partial charge >= 0.3 is 0 Å². The summed E-state index contributed by atoms with van der Waals surface area (Å²) in [6, 6.07) is 5.95. The number of Topliss-reactive ketones (excluding diaryl/α,β-unsaturated/α-hetero) is 1. The zero-order valence-electron chi connectivity index (χ0n) is 10.3. The summed E-state index contributed by atoms with van der Waals surface area (Å²) in [6.45, 7) is 7.94. The van der Waals surface area contributed by atoms with E-state index in [2.05, 4.69) is 20.8 Å². The highest BCUT2D eigenvalue weighted by Crippen LogP contribution is 2.33. The van der Waals surface area contributed by atoms with Crippen molar-refractivity contribution in [2.75, 3.05) is 0 Å². The molecule has 1 aromatic rings. The second-order valence-corrected chi connectivity index (χ2v) is 5.90. The van der Waals surface area contributed by atoms with Gasteiger partial charge in [-0.3, -0.25) is 4.79 Å². The highest BCUT2D eigenvalue weighted by Gasteiger charge is 2.39. The number of hydrogen-bond acceptors (Lipinski definition) is 2. The number of carbonyl (C=O) groups is 1. The van der Waals surface area contributed by atoms with Gasteiger partial charge in [-0.1, -0.05) is 32.9 Å². The van der Waals surface area contributed by atoms with Crippen molar-refractivity contribution in [1.82, 2.24) is 0 Å². The topological polar surface area (TPSA) is 37.3 Å². The second-order valence-electron chi connectivity index (χ2n) is 5.90. The van der Waals surface area contributed by atoms with Crippen molar-refractivity contribution >= 4 is 5.78 Å². The Morgan fingerprint density at radius 3 is 2.50 bits per heavy atom. The third-order valence-corrected chi connectivity index (χ3v) is 3.24. The Bertz CT molecular complexity index is 450. The van der Waals surface area contributed by atoms with Crippen LogP contribution in [-0.2, 0) is 11.8 Å². The van der Waals surface area contributed by atoms with Crippen molar-refractivity contribution in [3.63, 3.8) is 0 Å². The third-order valence-electron chi connectivity index (χ3n) is 3.24. The van der Waals surface area contributed by atoms with Gasteiger partial charge in [0.05, 0.1) is 0 Å². The molecule has 0 spiro atoms. The molecule has 2 heteroatoms. The molecule has 1 aliphatic rings. The molecule has 0 radical (unpaired) electrons. The molecule has 0 saturated carbocycles. The van der Waals surface area contributed by atoms with E-state index >= 15 is 0 Å². The van der Waals surface area contributed by atoms with Gasteiger partial charge in [0.1, 0.15) is 5.60 Å². The first-order valence-corrected chi connectivity index (χ1v) is 5.62. The van der Waals surface area contributed by atoms with Crippen molar-refractivity contribution in [1.29, 1.82) is 0 Å². The van der Waals surface area contributed by atoms with Gasteiger partial charge in [0.2, 0.25) is 0 Å². The largest absolute Gasteiger partial charge is 0.382 e. The second kappa shape index (κ2) is 3.17. The van der Waals surface area contributed by atoms with E-state index in [9.17, 15) is 9.90 Å². The molecule has 1 N–H and O–H groups in total. The fourth-order valence-corrected chi connectivity index (χ4v) is 2.15. The molecule has 1 aliphatic carbocycles. The molecule has 0 saturated heterocycles. The van der Waals surface area contributed by atoms with Crippen LogP contribution in [-0.4, -0.2) is 16.5 Å². The molecule has 0 bridgehead atoms. The lowest BCUT2D eigenvalue weighted by Crippen LogP contribution is -2.31. The van der Waals surface area contributed by atoms with Crippen LogP contribution in [0.5, 0.6) is 0 Å². The van der Waals surface area contributed by atoms with E-state index in [0.717, 1.165) is 11.1 Å². The number of ketones is 1. The minimum atomic E-state index is -1.21. The molecule has 0 fully saturated rings. The average Bonchev–Trinajstić information content (AvgIpc) is 2.36. The van der Waals surface area contributed by atoms with E-state index in [4.69, 9.17) is 0 Å². The summed E-state index contributed by atoms with van der Waals surface area (Å²) >= 11 is 0. The zero-order chi connectivity index (χ0) is 12.1. The number of rotatable bonds is 0. The quantitative estimate of drug-likeness (QED) is 0.726. The van der Waals surface area contributed by atoms with Crippen LogP contribution >= 0.6 is 0 Å². The Balaban J connectivity index is 2.52. The zero-order valence-corrected chi connectivity index (χ0v) is 10.3. The summed E-state index contributed by atoms with van der Waals surface area (Å²) in [5.41, 5.74) is 1.61. The van der Waals surface area contributed by atoms with E-state index in [1.54, 1.807) is 6.92 Å². The molecular formula is C14H18O2. The minimum absolute atomic E-state index is 0.0315. The summed E-state index contributed by atoms with van der Waals surface area (Å²) in [5, 5.41) is 9.93. The maximum Gasteiger partial charge on any atom is 0.194 e. The molecule has 0 aliphatic heterocycles. The third kappa shape index (κ3) is 1.67. The van der Waals surface area contributed by atoms with Crippen molar-refractivity contribution in [2.45, 2.75) is 45.1 Å². The Hall–Kier alpha value is -1.15. The molecule has 2 nitrogen and oxygen atoms in total. The first-order valence-electron chi connectivity index (χ1n) is 5.62. The van der Waals surface area contributed by atoms with E-state index in [1.165, 1.54) is 0 Å². The summed E-state index contributed by atoms with van der Waals surface area (Å²) < 4.78 is 0. The van der Waals surface area contributed by atoms with Crippen LogP contribution in [0.2, 0.25) is 0 Å².